The van der Waals surface area contributed by atoms with Crippen LogP contribution in [0.4, 0.5) is 0 Å². The highest BCUT2D eigenvalue weighted by Crippen LogP contribution is 2.22. The molecule has 13 heavy (non-hydrogen) atoms. The average molecular weight is 187 g/mol. The van der Waals surface area contributed by atoms with Crippen molar-refractivity contribution in [2.45, 2.75) is 6.92 Å². The van der Waals surface area contributed by atoms with Crippen molar-refractivity contribution in [3.63, 3.8) is 0 Å². The Labute approximate surface area is 78.5 Å². The van der Waals surface area contributed by atoms with Crippen molar-refractivity contribution in [1.29, 1.82) is 0 Å². The molecular weight excluding hydrogens is 170 g/mol. The van der Waals surface area contributed by atoms with Crippen molar-refractivity contribution < 1.29 is 14.6 Å². The monoisotopic (exact) mass is 187 g/mol. The van der Waals surface area contributed by atoms with Gasteiger partial charge in [0.1, 0.15) is 0 Å². The van der Waals surface area contributed by atoms with Gasteiger partial charge >= 0.3 is 5.97 Å². The minimum absolute atomic E-state index is 0.197. The van der Waals surface area contributed by atoms with Crippen LogP contribution in [0, 0.1) is 11.8 Å². The normalized spacial score (nSPS) is 29.4. The summed E-state index contributed by atoms with van der Waals surface area (Å²) in [7, 11) is 1.66. The summed E-state index contributed by atoms with van der Waals surface area (Å²) in [6.45, 7) is 5.05. The summed E-state index contributed by atoms with van der Waals surface area (Å²) in [5, 5.41) is 8.87. The molecule has 0 bridgehead atoms. The molecule has 1 aliphatic rings. The number of carbonyl (C=O) groups is 1. The zero-order chi connectivity index (χ0) is 9.84. The summed E-state index contributed by atoms with van der Waals surface area (Å²) in [6, 6.07) is 0. The van der Waals surface area contributed by atoms with Gasteiger partial charge in [-0.25, -0.2) is 0 Å². The van der Waals surface area contributed by atoms with Crippen LogP contribution < -0.4 is 0 Å². The second-order valence-electron chi connectivity index (χ2n) is 3.67. The fraction of sp³-hybridized carbons (Fsp3) is 0.889. The molecule has 0 unspecified atom stereocenters. The third-order valence-corrected chi connectivity index (χ3v) is 2.62. The molecule has 0 spiro atoms. The lowest BCUT2D eigenvalue weighted by molar-refractivity contribution is -0.142. The summed E-state index contributed by atoms with van der Waals surface area (Å²) >= 11 is 0. The quantitative estimate of drug-likeness (QED) is 0.687. The van der Waals surface area contributed by atoms with Gasteiger partial charge in [0.2, 0.25) is 0 Å². The Balaban J connectivity index is 2.36. The zero-order valence-electron chi connectivity index (χ0n) is 8.19. The number of methoxy groups -OCH3 is 1. The van der Waals surface area contributed by atoms with E-state index in [1.165, 1.54) is 0 Å². The molecule has 1 rings (SSSR count). The molecule has 1 fully saturated rings. The summed E-state index contributed by atoms with van der Waals surface area (Å²) in [5.74, 6) is -0.612. The summed E-state index contributed by atoms with van der Waals surface area (Å²) in [4.78, 5) is 12.9. The van der Waals surface area contributed by atoms with Gasteiger partial charge < -0.3 is 9.84 Å². The number of carboxylic acid groups (broad SMARTS) is 1. The molecule has 0 amide bonds. The molecule has 76 valence electrons. The van der Waals surface area contributed by atoms with Crippen LogP contribution in [0.3, 0.4) is 0 Å². The number of hydrogen-bond acceptors (Lipinski definition) is 3. The molecule has 4 heteroatoms. The first-order valence-corrected chi connectivity index (χ1v) is 4.59. The van der Waals surface area contributed by atoms with Gasteiger partial charge in [0.15, 0.2) is 0 Å². The molecule has 1 saturated heterocycles. The van der Waals surface area contributed by atoms with Gasteiger partial charge in [0.25, 0.3) is 0 Å². The Bertz CT molecular complexity index is 184. The van der Waals surface area contributed by atoms with E-state index in [1.807, 2.05) is 6.92 Å². The van der Waals surface area contributed by atoms with E-state index in [1.54, 1.807) is 7.11 Å². The van der Waals surface area contributed by atoms with Gasteiger partial charge in [-0.1, -0.05) is 6.92 Å². The van der Waals surface area contributed by atoms with E-state index in [0.717, 1.165) is 13.1 Å². The molecule has 0 aliphatic carbocycles. The van der Waals surface area contributed by atoms with Crippen molar-refractivity contribution in [2.75, 3.05) is 33.4 Å². The number of aliphatic carboxylic acids is 1. The van der Waals surface area contributed by atoms with Crippen molar-refractivity contribution in [2.24, 2.45) is 11.8 Å². The summed E-state index contributed by atoms with van der Waals surface area (Å²) in [6.07, 6.45) is 0. The van der Waals surface area contributed by atoms with Crippen molar-refractivity contribution in [1.82, 2.24) is 4.90 Å². The number of carboxylic acids is 1. The van der Waals surface area contributed by atoms with Crippen LogP contribution in [-0.2, 0) is 9.53 Å². The van der Waals surface area contributed by atoms with Crippen molar-refractivity contribution in [3.8, 4) is 0 Å². The van der Waals surface area contributed by atoms with Crippen LogP contribution in [0.25, 0.3) is 0 Å². The third kappa shape index (κ3) is 2.67. The lowest BCUT2D eigenvalue weighted by Gasteiger charge is -2.13. The molecular formula is C9H17NO3. The maximum Gasteiger partial charge on any atom is 0.308 e. The molecule has 0 aromatic carbocycles. The van der Waals surface area contributed by atoms with Gasteiger partial charge in [-0.3, -0.25) is 9.69 Å². The average Bonchev–Trinajstić information content (AvgIpc) is 2.43. The van der Waals surface area contributed by atoms with Gasteiger partial charge in [-0.2, -0.15) is 0 Å². The van der Waals surface area contributed by atoms with Gasteiger partial charge in [0, 0.05) is 26.7 Å². The molecule has 1 heterocycles. The molecule has 1 N–H and O–H groups in total. The fourth-order valence-electron chi connectivity index (χ4n) is 1.79. The molecule has 0 saturated carbocycles. The molecule has 0 aromatic rings. The largest absolute Gasteiger partial charge is 0.481 e. The Kier molecular flexibility index (Phi) is 3.69. The number of ether oxygens (including phenoxy) is 1. The minimum atomic E-state index is -0.674. The van der Waals surface area contributed by atoms with Crippen LogP contribution in [0.5, 0.6) is 0 Å². The predicted octanol–water partition coefficient (Wildman–Crippen LogP) is 0.285. The molecule has 1 aliphatic heterocycles. The molecule has 0 aromatic heterocycles. The van der Waals surface area contributed by atoms with E-state index < -0.39 is 5.97 Å². The van der Waals surface area contributed by atoms with Crippen molar-refractivity contribution in [3.05, 3.63) is 0 Å². The van der Waals surface area contributed by atoms with E-state index in [0.29, 0.717) is 13.2 Å². The van der Waals surface area contributed by atoms with E-state index in [2.05, 4.69) is 4.90 Å². The van der Waals surface area contributed by atoms with Gasteiger partial charge in [-0.15, -0.1) is 0 Å². The van der Waals surface area contributed by atoms with Crippen LogP contribution in [-0.4, -0.2) is 49.3 Å². The number of hydrogen-bond donors (Lipinski definition) is 1. The first kappa shape index (κ1) is 10.5. The van der Waals surface area contributed by atoms with Gasteiger partial charge in [-0.05, 0) is 5.92 Å². The lowest BCUT2D eigenvalue weighted by atomic mass is 9.99. The zero-order valence-corrected chi connectivity index (χ0v) is 8.19. The summed E-state index contributed by atoms with van der Waals surface area (Å²) in [5.41, 5.74) is 0. The Hall–Kier alpha value is -0.610. The number of nitrogens with zero attached hydrogens (tertiary/aromatic N) is 1. The maximum atomic E-state index is 10.8. The topological polar surface area (TPSA) is 49.8 Å². The van der Waals surface area contributed by atoms with Crippen LogP contribution >= 0.6 is 0 Å². The van der Waals surface area contributed by atoms with Crippen LogP contribution in [0.15, 0.2) is 0 Å². The minimum Gasteiger partial charge on any atom is -0.481 e. The highest BCUT2D eigenvalue weighted by molar-refractivity contribution is 5.71. The SMILES string of the molecule is COCCN1C[C@@H](C)[C@H](C(=O)O)C1. The van der Waals surface area contributed by atoms with Gasteiger partial charge in [0.05, 0.1) is 12.5 Å². The first-order valence-electron chi connectivity index (χ1n) is 4.59. The Morgan fingerprint density at radius 1 is 1.62 bits per heavy atom. The predicted molar refractivity (Wildman–Crippen MR) is 48.6 cm³/mol. The lowest BCUT2D eigenvalue weighted by Crippen LogP contribution is -2.26. The molecule has 4 nitrogen and oxygen atoms in total. The van der Waals surface area contributed by atoms with Crippen LogP contribution in [0.1, 0.15) is 6.92 Å². The second kappa shape index (κ2) is 4.58. The Morgan fingerprint density at radius 3 is 2.77 bits per heavy atom. The standard InChI is InChI=1S/C9H17NO3/c1-7-5-10(3-4-13-2)6-8(7)9(11)12/h7-8H,3-6H2,1-2H3,(H,11,12)/t7-,8-/m1/s1. The number of rotatable bonds is 4. The third-order valence-electron chi connectivity index (χ3n) is 2.62. The van der Waals surface area contributed by atoms with E-state index >= 15 is 0 Å². The smallest absolute Gasteiger partial charge is 0.308 e. The van der Waals surface area contributed by atoms with Crippen molar-refractivity contribution >= 4 is 5.97 Å². The summed E-state index contributed by atoms with van der Waals surface area (Å²) < 4.78 is 4.95. The second-order valence-corrected chi connectivity index (χ2v) is 3.67. The highest BCUT2D eigenvalue weighted by atomic mass is 16.5. The molecule has 2 atom stereocenters. The van der Waals surface area contributed by atoms with E-state index in [4.69, 9.17) is 9.84 Å². The fourth-order valence-corrected chi connectivity index (χ4v) is 1.79. The van der Waals surface area contributed by atoms with Crippen LogP contribution in [0.2, 0.25) is 0 Å². The number of likely N-dealkylation sites (tertiary alicyclic amines) is 1. The first-order chi connectivity index (χ1) is 6.15. The highest BCUT2D eigenvalue weighted by Gasteiger charge is 2.34. The molecule has 0 radical (unpaired) electrons. The van der Waals surface area contributed by atoms with E-state index in [-0.39, 0.29) is 11.8 Å². The van der Waals surface area contributed by atoms with E-state index in [9.17, 15) is 4.79 Å². The maximum absolute atomic E-state index is 10.8. The Morgan fingerprint density at radius 2 is 2.31 bits per heavy atom.